The molecule has 0 saturated heterocycles. The molecule has 21 heavy (non-hydrogen) atoms. The summed E-state index contributed by atoms with van der Waals surface area (Å²) in [6.07, 6.45) is 0.581. The smallest absolute Gasteiger partial charge is 0.114 e. The normalized spacial score (nSPS) is 11.3. The number of nitrogens with zero attached hydrogens (tertiary/aromatic N) is 2. The van der Waals surface area contributed by atoms with Crippen molar-refractivity contribution in [2.45, 2.75) is 13.3 Å². The maximum atomic E-state index is 6.24. The average molecular weight is 383 g/mol. The minimum atomic E-state index is 0.549. The summed E-state index contributed by atoms with van der Waals surface area (Å²) in [5.41, 5.74) is 4.08. The Morgan fingerprint density at radius 2 is 2.05 bits per heavy atom. The largest absolute Gasteiger partial charge is 0.331 e. The maximum absolute atomic E-state index is 6.24. The van der Waals surface area contributed by atoms with E-state index in [9.17, 15) is 0 Å². The zero-order chi connectivity index (χ0) is 15.1. The number of hydrogen-bond acceptors (Lipinski definition) is 1. The zero-order valence-corrected chi connectivity index (χ0v) is 14.6. The van der Waals surface area contributed by atoms with Gasteiger partial charge in [0, 0.05) is 29.0 Å². The third kappa shape index (κ3) is 2.59. The first-order valence-corrected chi connectivity index (χ1v) is 7.99. The van der Waals surface area contributed by atoms with Gasteiger partial charge in [-0.05, 0) is 36.2 Å². The van der Waals surface area contributed by atoms with Gasteiger partial charge < -0.3 is 4.57 Å². The van der Waals surface area contributed by atoms with Crippen LogP contribution < -0.4 is 0 Å². The van der Waals surface area contributed by atoms with Crippen molar-refractivity contribution in [2.75, 3.05) is 0 Å². The fraction of sp³-hybridized carbons (Fsp3) is 0.188. The second-order valence-corrected chi connectivity index (χ2v) is 6.56. The second-order valence-electron chi connectivity index (χ2n) is 4.92. The number of aromatic nitrogens is 2. The molecule has 0 saturated carbocycles. The molecule has 0 aliphatic carbocycles. The van der Waals surface area contributed by atoms with Crippen LogP contribution in [0.15, 0.2) is 28.7 Å². The second kappa shape index (κ2) is 5.64. The SMILES string of the molecule is Cc1c(Br)ccc2c1nc(Cc1c(Cl)[c]ccc1Cl)n2C. The van der Waals surface area contributed by atoms with Crippen LogP contribution in [-0.2, 0) is 13.5 Å². The third-order valence-electron chi connectivity index (χ3n) is 3.66. The van der Waals surface area contributed by atoms with Gasteiger partial charge in [0.25, 0.3) is 0 Å². The topological polar surface area (TPSA) is 17.8 Å². The summed E-state index contributed by atoms with van der Waals surface area (Å²) < 4.78 is 3.14. The van der Waals surface area contributed by atoms with Gasteiger partial charge >= 0.3 is 0 Å². The number of fused-ring (bicyclic) bond motifs is 1. The highest BCUT2D eigenvalue weighted by atomic mass is 79.9. The van der Waals surface area contributed by atoms with E-state index in [4.69, 9.17) is 28.2 Å². The molecular formula is C16H12BrCl2N2. The van der Waals surface area contributed by atoms with Gasteiger partial charge in [0.2, 0.25) is 0 Å². The molecule has 0 amide bonds. The zero-order valence-electron chi connectivity index (χ0n) is 11.5. The predicted octanol–water partition coefficient (Wildman–Crippen LogP) is 5.34. The molecule has 2 aromatic carbocycles. The summed E-state index contributed by atoms with van der Waals surface area (Å²) in [5.74, 6) is 0.926. The molecule has 3 aromatic rings. The molecule has 0 unspecified atom stereocenters. The van der Waals surface area contributed by atoms with Gasteiger partial charge in [-0.15, -0.1) is 0 Å². The minimum Gasteiger partial charge on any atom is -0.331 e. The van der Waals surface area contributed by atoms with E-state index in [1.165, 1.54) is 0 Å². The quantitative estimate of drug-likeness (QED) is 0.584. The standard InChI is InChI=1S/C16H12BrCl2N2/c1-9-11(17)6-7-14-16(9)20-15(21(14)2)8-10-12(18)4-3-5-13(10)19/h3-4,6-7H,8H2,1-2H3. The molecule has 0 N–H and O–H groups in total. The van der Waals surface area contributed by atoms with Crippen LogP contribution in [0.4, 0.5) is 0 Å². The fourth-order valence-corrected chi connectivity index (χ4v) is 3.20. The van der Waals surface area contributed by atoms with Crippen LogP contribution in [0.5, 0.6) is 0 Å². The van der Waals surface area contributed by atoms with Crippen molar-refractivity contribution in [3.63, 3.8) is 0 Å². The maximum Gasteiger partial charge on any atom is 0.114 e. The van der Waals surface area contributed by atoms with Crippen molar-refractivity contribution in [3.05, 3.63) is 61.8 Å². The van der Waals surface area contributed by atoms with Crippen LogP contribution in [-0.4, -0.2) is 9.55 Å². The van der Waals surface area contributed by atoms with Crippen LogP contribution in [0.1, 0.15) is 17.0 Å². The summed E-state index contributed by atoms with van der Waals surface area (Å²) in [7, 11) is 2.01. The molecule has 107 valence electrons. The summed E-state index contributed by atoms with van der Waals surface area (Å²) in [6, 6.07) is 10.6. The molecule has 0 aliphatic heterocycles. The van der Waals surface area contributed by atoms with Gasteiger partial charge in [0.1, 0.15) is 5.82 Å². The molecule has 0 aliphatic rings. The Morgan fingerprint density at radius 1 is 1.29 bits per heavy atom. The summed E-state index contributed by atoms with van der Waals surface area (Å²) in [5, 5.41) is 1.19. The van der Waals surface area contributed by atoms with Crippen LogP contribution in [0, 0.1) is 13.0 Å². The van der Waals surface area contributed by atoms with E-state index in [-0.39, 0.29) is 0 Å². The van der Waals surface area contributed by atoms with E-state index in [1.807, 2.05) is 13.1 Å². The number of benzene rings is 2. The highest BCUT2D eigenvalue weighted by Crippen LogP contribution is 2.29. The molecule has 1 heterocycles. The van der Waals surface area contributed by atoms with Gasteiger partial charge in [-0.2, -0.15) is 0 Å². The van der Waals surface area contributed by atoms with Crippen molar-refractivity contribution in [3.8, 4) is 0 Å². The van der Waals surface area contributed by atoms with Crippen LogP contribution in [0.25, 0.3) is 11.0 Å². The fourth-order valence-electron chi connectivity index (χ4n) is 2.37. The number of hydrogen-bond donors (Lipinski definition) is 0. The Balaban J connectivity index is 2.14. The molecule has 0 bridgehead atoms. The van der Waals surface area contributed by atoms with E-state index in [1.54, 1.807) is 12.1 Å². The monoisotopic (exact) mass is 381 g/mol. The highest BCUT2D eigenvalue weighted by molar-refractivity contribution is 9.10. The average Bonchev–Trinajstić information content (AvgIpc) is 2.76. The molecule has 5 heteroatoms. The Bertz CT molecular complexity index is 820. The Kier molecular flexibility index (Phi) is 4.00. The van der Waals surface area contributed by atoms with Crippen molar-refractivity contribution < 1.29 is 0 Å². The van der Waals surface area contributed by atoms with E-state index in [2.05, 4.69) is 39.6 Å². The van der Waals surface area contributed by atoms with E-state index < -0.39 is 0 Å². The first-order chi connectivity index (χ1) is 9.99. The summed E-state index contributed by atoms with van der Waals surface area (Å²) in [4.78, 5) is 4.75. The lowest BCUT2D eigenvalue weighted by Gasteiger charge is -2.06. The first-order valence-electron chi connectivity index (χ1n) is 6.44. The van der Waals surface area contributed by atoms with Gasteiger partial charge in [0.05, 0.1) is 16.1 Å². The number of rotatable bonds is 2. The van der Waals surface area contributed by atoms with Gasteiger partial charge in [0.15, 0.2) is 0 Å². The van der Waals surface area contributed by atoms with Crippen molar-refractivity contribution in [1.82, 2.24) is 9.55 Å². The van der Waals surface area contributed by atoms with Crippen LogP contribution in [0.2, 0.25) is 10.0 Å². The van der Waals surface area contributed by atoms with E-state index in [0.29, 0.717) is 16.5 Å². The number of aryl methyl sites for hydroxylation is 2. The predicted molar refractivity (Wildman–Crippen MR) is 91.3 cm³/mol. The summed E-state index contributed by atoms with van der Waals surface area (Å²) >= 11 is 16.0. The van der Waals surface area contributed by atoms with Crippen LogP contribution >= 0.6 is 39.1 Å². The van der Waals surface area contributed by atoms with Gasteiger partial charge in [-0.1, -0.05) is 45.2 Å². The van der Waals surface area contributed by atoms with Crippen molar-refractivity contribution in [2.24, 2.45) is 7.05 Å². The molecule has 3 rings (SSSR count). The van der Waals surface area contributed by atoms with Crippen LogP contribution in [0.3, 0.4) is 0 Å². The molecule has 2 nitrogen and oxygen atoms in total. The van der Waals surface area contributed by atoms with E-state index >= 15 is 0 Å². The van der Waals surface area contributed by atoms with Gasteiger partial charge in [-0.3, -0.25) is 0 Å². The molecule has 1 radical (unpaired) electrons. The molecule has 0 fully saturated rings. The van der Waals surface area contributed by atoms with Gasteiger partial charge in [-0.25, -0.2) is 4.98 Å². The summed E-state index contributed by atoms with van der Waals surface area (Å²) in [6.45, 7) is 2.06. The van der Waals surface area contributed by atoms with Crippen molar-refractivity contribution >= 4 is 50.2 Å². The third-order valence-corrected chi connectivity index (χ3v) is 5.21. The Morgan fingerprint density at radius 3 is 2.76 bits per heavy atom. The Labute approximate surface area is 141 Å². The Hall–Kier alpha value is -1.03. The lowest BCUT2D eigenvalue weighted by Crippen LogP contribution is -2.00. The number of halogens is 3. The first kappa shape index (κ1) is 14.9. The number of imidazole rings is 1. The molecular weight excluding hydrogens is 371 g/mol. The molecule has 1 aromatic heterocycles. The molecule has 0 atom stereocenters. The lowest BCUT2D eigenvalue weighted by molar-refractivity contribution is 0.844. The lowest BCUT2D eigenvalue weighted by atomic mass is 10.1. The van der Waals surface area contributed by atoms with Crippen molar-refractivity contribution in [1.29, 1.82) is 0 Å². The minimum absolute atomic E-state index is 0.549. The highest BCUT2D eigenvalue weighted by Gasteiger charge is 2.14. The van der Waals surface area contributed by atoms with E-state index in [0.717, 1.165) is 32.5 Å². The molecule has 0 spiro atoms.